The number of anilines is 1. The number of furan rings is 1. The number of aryl methyl sites for hydroxylation is 1. The number of amides is 1. The van der Waals surface area contributed by atoms with Crippen LogP contribution in [0.1, 0.15) is 52.9 Å². The van der Waals surface area contributed by atoms with E-state index in [1.807, 2.05) is 78.5 Å². The number of ether oxygens (including phenoxy) is 2. The SMILES string of the molecule is CCCOc1ccc(-c2nn(-c3ccccc3)cc2C2CC2C(=O)Nc2c(C(=O)c3ccc(OC)c(Br)c3)oc3ccccc23)cc1C. The number of carbonyl (C=O) groups is 2. The summed E-state index contributed by atoms with van der Waals surface area (Å²) < 4.78 is 19.8. The number of fused-ring (bicyclic) bond motifs is 1. The summed E-state index contributed by atoms with van der Waals surface area (Å²) in [6.07, 6.45) is 3.62. The fourth-order valence-electron chi connectivity index (χ4n) is 6.08. The van der Waals surface area contributed by atoms with Crippen molar-refractivity contribution < 1.29 is 23.5 Å². The maximum Gasteiger partial charge on any atom is 0.230 e. The summed E-state index contributed by atoms with van der Waals surface area (Å²) in [6, 6.07) is 28.5. The summed E-state index contributed by atoms with van der Waals surface area (Å²) in [5.41, 5.74) is 6.05. The van der Waals surface area contributed by atoms with Gasteiger partial charge in [-0.2, -0.15) is 5.10 Å². The summed E-state index contributed by atoms with van der Waals surface area (Å²) in [7, 11) is 1.56. The summed E-state index contributed by atoms with van der Waals surface area (Å²) in [5, 5.41) is 8.76. The molecule has 0 radical (unpaired) electrons. The molecule has 0 spiro atoms. The van der Waals surface area contributed by atoms with Crippen molar-refractivity contribution in [2.45, 2.75) is 32.6 Å². The zero-order chi connectivity index (χ0) is 33.4. The second kappa shape index (κ2) is 13.2. The molecule has 2 aromatic heterocycles. The van der Waals surface area contributed by atoms with Crippen molar-refractivity contribution in [2.75, 3.05) is 19.0 Å². The number of carbonyl (C=O) groups excluding carboxylic acids is 2. The van der Waals surface area contributed by atoms with Gasteiger partial charge < -0.3 is 19.2 Å². The highest BCUT2D eigenvalue weighted by Crippen LogP contribution is 2.51. The Kier molecular flexibility index (Phi) is 8.62. The Labute approximate surface area is 286 Å². The highest BCUT2D eigenvalue weighted by Gasteiger charge is 2.46. The monoisotopic (exact) mass is 703 g/mol. The van der Waals surface area contributed by atoms with Crippen molar-refractivity contribution in [3.05, 3.63) is 124 Å². The highest BCUT2D eigenvalue weighted by molar-refractivity contribution is 9.10. The predicted octanol–water partition coefficient (Wildman–Crippen LogP) is 9.13. The molecule has 1 amide bonds. The van der Waals surface area contributed by atoms with E-state index < -0.39 is 0 Å². The molecule has 8 nitrogen and oxygen atoms in total. The number of hydrogen-bond acceptors (Lipinski definition) is 6. The Morgan fingerprint density at radius 1 is 1.00 bits per heavy atom. The van der Waals surface area contributed by atoms with Gasteiger partial charge >= 0.3 is 0 Å². The molecule has 2 heterocycles. The third kappa shape index (κ3) is 6.02. The normalized spacial score (nSPS) is 15.3. The molecule has 4 aromatic carbocycles. The van der Waals surface area contributed by atoms with Crippen LogP contribution in [0.25, 0.3) is 27.9 Å². The number of halogens is 1. The second-order valence-electron chi connectivity index (χ2n) is 12.0. The van der Waals surface area contributed by atoms with Crippen molar-refractivity contribution in [1.82, 2.24) is 9.78 Å². The van der Waals surface area contributed by atoms with Crippen LogP contribution in [-0.2, 0) is 4.79 Å². The Balaban J connectivity index is 1.20. The maximum atomic E-state index is 13.9. The van der Waals surface area contributed by atoms with Crippen LogP contribution in [0.3, 0.4) is 0 Å². The third-order valence-corrected chi connectivity index (χ3v) is 9.28. The minimum atomic E-state index is -0.342. The molecular weight excluding hydrogens is 670 g/mol. The van der Waals surface area contributed by atoms with Crippen LogP contribution < -0.4 is 14.8 Å². The smallest absolute Gasteiger partial charge is 0.230 e. The lowest BCUT2D eigenvalue weighted by molar-refractivity contribution is -0.117. The molecule has 1 fully saturated rings. The van der Waals surface area contributed by atoms with Gasteiger partial charge in [0, 0.05) is 40.1 Å². The number of aromatic nitrogens is 2. The van der Waals surface area contributed by atoms with Crippen LogP contribution in [0.15, 0.2) is 106 Å². The van der Waals surface area contributed by atoms with Crippen LogP contribution in [0.5, 0.6) is 11.5 Å². The number of benzene rings is 4. The average molecular weight is 705 g/mol. The first-order valence-corrected chi connectivity index (χ1v) is 16.7. The van der Waals surface area contributed by atoms with Gasteiger partial charge in [0.25, 0.3) is 0 Å². The first-order chi connectivity index (χ1) is 23.4. The van der Waals surface area contributed by atoms with E-state index in [2.05, 4.69) is 34.2 Å². The Morgan fingerprint density at radius 3 is 2.52 bits per heavy atom. The average Bonchev–Trinajstić information content (AvgIpc) is 3.65. The minimum absolute atomic E-state index is 0.0522. The molecule has 6 aromatic rings. The first kappa shape index (κ1) is 31.4. The number of nitrogens with zero attached hydrogens (tertiary/aromatic N) is 2. The molecule has 2 atom stereocenters. The first-order valence-electron chi connectivity index (χ1n) is 16.0. The minimum Gasteiger partial charge on any atom is -0.496 e. The molecule has 0 saturated heterocycles. The lowest BCUT2D eigenvalue weighted by atomic mass is 10.0. The van der Waals surface area contributed by atoms with Crippen LogP contribution in [0.2, 0.25) is 0 Å². The molecule has 1 N–H and O–H groups in total. The van der Waals surface area contributed by atoms with Crippen LogP contribution in [-0.4, -0.2) is 35.2 Å². The van der Waals surface area contributed by atoms with E-state index in [4.69, 9.17) is 19.0 Å². The Hall–Kier alpha value is -5.15. The Bertz CT molecular complexity index is 2150. The van der Waals surface area contributed by atoms with Gasteiger partial charge in [-0.25, -0.2) is 4.68 Å². The standard InChI is InChI=1S/C39H34BrN3O5/c1-4-18-47-32-16-14-24(19-23(32)2)35-30(22-43(42-35)26-10-6-5-7-11-26)28-21-29(28)39(45)41-36-27-12-8-9-13-33(27)48-38(36)37(44)25-15-17-34(46-3)31(40)20-25/h5-17,19-20,22,28-29H,4,18,21H2,1-3H3,(H,41,45). The number of para-hydroxylation sites is 2. The second-order valence-corrected chi connectivity index (χ2v) is 12.8. The fraction of sp³-hybridized carbons (Fsp3) is 0.205. The number of rotatable bonds is 11. The zero-order valence-electron chi connectivity index (χ0n) is 26.8. The summed E-state index contributed by atoms with van der Waals surface area (Å²) in [6.45, 7) is 4.78. The van der Waals surface area contributed by atoms with Crippen molar-refractivity contribution in [3.63, 3.8) is 0 Å². The molecule has 1 saturated carbocycles. The molecule has 0 aliphatic heterocycles. The van der Waals surface area contributed by atoms with Gasteiger partial charge in [-0.05, 0) is 102 Å². The van der Waals surface area contributed by atoms with E-state index in [1.54, 1.807) is 31.4 Å². The van der Waals surface area contributed by atoms with E-state index in [-0.39, 0.29) is 29.3 Å². The van der Waals surface area contributed by atoms with Gasteiger partial charge in [0.15, 0.2) is 5.76 Å². The molecule has 242 valence electrons. The summed E-state index contributed by atoms with van der Waals surface area (Å²) in [5.74, 6) is 0.668. The van der Waals surface area contributed by atoms with Crippen LogP contribution in [0.4, 0.5) is 5.69 Å². The van der Waals surface area contributed by atoms with Gasteiger partial charge in [-0.3, -0.25) is 9.59 Å². The number of nitrogens with one attached hydrogen (secondary N) is 1. The molecule has 7 rings (SSSR count). The summed E-state index contributed by atoms with van der Waals surface area (Å²) in [4.78, 5) is 27.7. The van der Waals surface area contributed by atoms with E-state index in [0.29, 0.717) is 45.5 Å². The largest absolute Gasteiger partial charge is 0.496 e. The molecule has 9 heteroatoms. The van der Waals surface area contributed by atoms with Gasteiger partial charge in [-0.1, -0.05) is 37.3 Å². The quantitative estimate of drug-likeness (QED) is 0.135. The molecule has 0 bridgehead atoms. The van der Waals surface area contributed by atoms with Crippen LogP contribution >= 0.6 is 15.9 Å². The Morgan fingerprint density at radius 2 is 1.77 bits per heavy atom. The van der Waals surface area contributed by atoms with Crippen molar-refractivity contribution in [2.24, 2.45) is 5.92 Å². The van der Waals surface area contributed by atoms with Crippen molar-refractivity contribution >= 4 is 44.3 Å². The number of ketones is 1. The molecule has 1 aliphatic rings. The molecule has 48 heavy (non-hydrogen) atoms. The molecular formula is C39H34BrN3O5. The van der Waals surface area contributed by atoms with E-state index in [1.165, 1.54) is 0 Å². The van der Waals surface area contributed by atoms with Gasteiger partial charge in [-0.15, -0.1) is 0 Å². The van der Waals surface area contributed by atoms with Crippen LogP contribution in [0, 0.1) is 12.8 Å². The lowest BCUT2D eigenvalue weighted by Gasteiger charge is -2.10. The van der Waals surface area contributed by atoms with Crippen molar-refractivity contribution in [3.8, 4) is 28.4 Å². The van der Waals surface area contributed by atoms with Gasteiger partial charge in [0.2, 0.25) is 11.7 Å². The van der Waals surface area contributed by atoms with Crippen molar-refractivity contribution in [1.29, 1.82) is 0 Å². The zero-order valence-corrected chi connectivity index (χ0v) is 28.4. The number of hydrogen-bond donors (Lipinski definition) is 1. The van der Waals surface area contributed by atoms with E-state index in [9.17, 15) is 9.59 Å². The highest BCUT2D eigenvalue weighted by atomic mass is 79.9. The topological polar surface area (TPSA) is 95.6 Å². The van der Waals surface area contributed by atoms with Gasteiger partial charge in [0.05, 0.1) is 35.3 Å². The molecule has 2 unspecified atom stereocenters. The number of methoxy groups -OCH3 is 1. The third-order valence-electron chi connectivity index (χ3n) is 8.66. The van der Waals surface area contributed by atoms with E-state index >= 15 is 0 Å². The maximum absolute atomic E-state index is 13.9. The predicted molar refractivity (Wildman–Crippen MR) is 189 cm³/mol. The molecule has 1 aliphatic carbocycles. The van der Waals surface area contributed by atoms with Gasteiger partial charge in [0.1, 0.15) is 17.1 Å². The lowest BCUT2D eigenvalue weighted by Crippen LogP contribution is -2.16. The van der Waals surface area contributed by atoms with E-state index in [0.717, 1.165) is 40.2 Å². The fourth-order valence-corrected chi connectivity index (χ4v) is 6.62. The summed E-state index contributed by atoms with van der Waals surface area (Å²) >= 11 is 3.46.